The number of hydrogen-bond acceptors (Lipinski definition) is 6. The Morgan fingerprint density at radius 1 is 1.04 bits per heavy atom. The predicted molar refractivity (Wildman–Crippen MR) is 108 cm³/mol. The van der Waals surface area contributed by atoms with Gasteiger partial charge < -0.3 is 4.90 Å². The third kappa shape index (κ3) is 3.62. The van der Waals surface area contributed by atoms with Gasteiger partial charge >= 0.3 is 0 Å². The topological polar surface area (TPSA) is 67.2 Å². The van der Waals surface area contributed by atoms with Crippen LogP contribution in [0.2, 0.25) is 0 Å². The summed E-state index contributed by atoms with van der Waals surface area (Å²) in [5.41, 5.74) is 3.16. The molecule has 0 amide bonds. The lowest BCUT2D eigenvalue weighted by Gasteiger charge is -2.36. The molecule has 0 radical (unpaired) electrons. The Hall–Kier alpha value is -2.80. The number of rotatable bonds is 5. The Morgan fingerprint density at radius 3 is 2.57 bits per heavy atom. The van der Waals surface area contributed by atoms with Crippen molar-refractivity contribution in [3.05, 3.63) is 59.2 Å². The highest BCUT2D eigenvalue weighted by Gasteiger charge is 2.23. The summed E-state index contributed by atoms with van der Waals surface area (Å²) in [6, 6.07) is 6.06. The molecular weight excluding hydrogens is 352 g/mol. The molecule has 2 aliphatic rings. The fraction of sp³-hybridized carbons (Fsp3) is 0.429. The minimum absolute atomic E-state index is 0.0818. The molecule has 0 unspecified atom stereocenters. The van der Waals surface area contributed by atoms with Gasteiger partial charge in [-0.05, 0) is 37.0 Å². The number of piperazine rings is 1. The van der Waals surface area contributed by atoms with Crippen molar-refractivity contribution in [2.75, 3.05) is 31.1 Å². The Kier molecular flexibility index (Phi) is 4.52. The van der Waals surface area contributed by atoms with Gasteiger partial charge in [-0.15, -0.1) is 0 Å². The Balaban J connectivity index is 1.28. The van der Waals surface area contributed by atoms with Crippen molar-refractivity contribution in [2.24, 2.45) is 5.92 Å². The first-order chi connectivity index (χ1) is 13.8. The van der Waals surface area contributed by atoms with Crippen molar-refractivity contribution < 1.29 is 0 Å². The maximum atomic E-state index is 12.7. The van der Waals surface area contributed by atoms with E-state index in [4.69, 9.17) is 0 Å². The van der Waals surface area contributed by atoms with Crippen molar-refractivity contribution in [2.45, 2.75) is 25.9 Å². The van der Waals surface area contributed by atoms with E-state index in [1.54, 1.807) is 17.2 Å². The maximum Gasteiger partial charge on any atom is 0.261 e. The van der Waals surface area contributed by atoms with Gasteiger partial charge in [-0.2, -0.15) is 0 Å². The quantitative estimate of drug-likeness (QED) is 0.678. The van der Waals surface area contributed by atoms with Gasteiger partial charge in [-0.3, -0.25) is 14.3 Å². The highest BCUT2D eigenvalue weighted by molar-refractivity contribution is 5.81. The number of nitrogens with zero attached hydrogens (tertiary/aromatic N) is 6. The Bertz CT molecular complexity index is 1020. The molecule has 28 heavy (non-hydrogen) atoms. The molecule has 1 aliphatic carbocycles. The Morgan fingerprint density at radius 2 is 1.82 bits per heavy atom. The van der Waals surface area contributed by atoms with E-state index in [1.807, 2.05) is 18.5 Å². The lowest BCUT2D eigenvalue weighted by Crippen LogP contribution is -2.46. The second-order valence-corrected chi connectivity index (χ2v) is 7.86. The molecule has 2 fully saturated rings. The summed E-state index contributed by atoms with van der Waals surface area (Å²) < 4.78 is 1.77. The van der Waals surface area contributed by atoms with E-state index in [-0.39, 0.29) is 5.56 Å². The monoisotopic (exact) mass is 376 g/mol. The molecule has 0 atom stereocenters. The standard InChI is InChI=1S/C21H24N6O/c28-21-19-4-3-18(9-20(19)24-15-27(21)13-16-1-2-16)26-7-5-25(6-8-26)12-17-10-22-14-23-11-17/h3-4,9-11,14-16H,1-2,5-8,12-13H2. The smallest absolute Gasteiger partial charge is 0.261 e. The van der Waals surface area contributed by atoms with E-state index >= 15 is 0 Å². The summed E-state index contributed by atoms with van der Waals surface area (Å²) >= 11 is 0. The lowest BCUT2D eigenvalue weighted by atomic mass is 10.2. The van der Waals surface area contributed by atoms with Crippen molar-refractivity contribution in [1.29, 1.82) is 0 Å². The zero-order chi connectivity index (χ0) is 18.9. The minimum Gasteiger partial charge on any atom is -0.369 e. The van der Waals surface area contributed by atoms with Crippen molar-refractivity contribution in [3.63, 3.8) is 0 Å². The van der Waals surface area contributed by atoms with Crippen molar-refractivity contribution in [3.8, 4) is 0 Å². The van der Waals surface area contributed by atoms with Gasteiger partial charge in [0.1, 0.15) is 6.33 Å². The predicted octanol–water partition coefficient (Wildman–Crippen LogP) is 1.92. The molecule has 2 aromatic heterocycles. The number of anilines is 1. The summed E-state index contributed by atoms with van der Waals surface area (Å²) in [6.07, 6.45) is 9.50. The van der Waals surface area contributed by atoms with Crippen LogP contribution in [0.5, 0.6) is 0 Å². The summed E-state index contributed by atoms with van der Waals surface area (Å²) in [4.78, 5) is 30.2. The first-order valence-electron chi connectivity index (χ1n) is 9.97. The molecule has 3 heterocycles. The molecule has 1 saturated heterocycles. The average molecular weight is 376 g/mol. The molecule has 1 aliphatic heterocycles. The summed E-state index contributed by atoms with van der Waals surface area (Å²) in [7, 11) is 0. The molecular formula is C21H24N6O. The first kappa shape index (κ1) is 17.3. The van der Waals surface area contributed by atoms with Crippen LogP contribution in [-0.2, 0) is 13.1 Å². The van der Waals surface area contributed by atoms with Crippen LogP contribution in [0.4, 0.5) is 5.69 Å². The van der Waals surface area contributed by atoms with Gasteiger partial charge in [-0.1, -0.05) is 0 Å². The van der Waals surface area contributed by atoms with Crippen LogP contribution in [0.3, 0.4) is 0 Å². The van der Waals surface area contributed by atoms with Crippen molar-refractivity contribution in [1.82, 2.24) is 24.4 Å². The van der Waals surface area contributed by atoms with Crippen LogP contribution < -0.4 is 10.5 Å². The lowest BCUT2D eigenvalue weighted by molar-refractivity contribution is 0.249. The van der Waals surface area contributed by atoms with Gasteiger partial charge in [-0.25, -0.2) is 15.0 Å². The number of fused-ring (bicyclic) bond motifs is 1. The van der Waals surface area contributed by atoms with Crippen LogP contribution in [0, 0.1) is 5.92 Å². The molecule has 0 N–H and O–H groups in total. The van der Waals surface area contributed by atoms with Crippen LogP contribution in [0.15, 0.2) is 48.0 Å². The molecule has 1 aromatic carbocycles. The van der Waals surface area contributed by atoms with Gasteiger partial charge in [0.25, 0.3) is 5.56 Å². The molecule has 0 bridgehead atoms. The highest BCUT2D eigenvalue weighted by Crippen LogP contribution is 2.30. The average Bonchev–Trinajstić information content (AvgIpc) is 3.55. The van der Waals surface area contributed by atoms with Gasteiger partial charge in [0.2, 0.25) is 0 Å². The van der Waals surface area contributed by atoms with Gasteiger partial charge in [0.05, 0.1) is 17.2 Å². The van der Waals surface area contributed by atoms with Crippen LogP contribution in [-0.4, -0.2) is 50.6 Å². The molecule has 7 heteroatoms. The normalized spacial score (nSPS) is 17.9. The van der Waals surface area contributed by atoms with E-state index in [0.717, 1.165) is 61.4 Å². The minimum atomic E-state index is 0.0818. The van der Waals surface area contributed by atoms with E-state index in [9.17, 15) is 4.79 Å². The molecule has 1 saturated carbocycles. The fourth-order valence-electron chi connectivity index (χ4n) is 3.89. The third-order valence-corrected chi connectivity index (χ3v) is 5.72. The molecule has 0 spiro atoms. The molecule has 5 rings (SSSR count). The largest absolute Gasteiger partial charge is 0.369 e. The van der Waals surface area contributed by atoms with E-state index in [2.05, 4.69) is 36.9 Å². The summed E-state index contributed by atoms with van der Waals surface area (Å²) in [5.74, 6) is 0.662. The fourth-order valence-corrected chi connectivity index (χ4v) is 3.89. The third-order valence-electron chi connectivity index (χ3n) is 5.72. The number of hydrogen-bond donors (Lipinski definition) is 0. The second-order valence-electron chi connectivity index (χ2n) is 7.86. The zero-order valence-corrected chi connectivity index (χ0v) is 15.9. The number of benzene rings is 1. The van der Waals surface area contributed by atoms with E-state index < -0.39 is 0 Å². The Labute approximate surface area is 163 Å². The first-order valence-corrected chi connectivity index (χ1v) is 9.97. The van der Waals surface area contributed by atoms with Crippen LogP contribution in [0.25, 0.3) is 10.9 Å². The van der Waals surface area contributed by atoms with E-state index in [0.29, 0.717) is 5.92 Å². The molecule has 3 aromatic rings. The van der Waals surface area contributed by atoms with Gasteiger partial charge in [0.15, 0.2) is 0 Å². The van der Waals surface area contributed by atoms with E-state index in [1.165, 1.54) is 12.8 Å². The van der Waals surface area contributed by atoms with Crippen molar-refractivity contribution >= 4 is 16.6 Å². The summed E-state index contributed by atoms with van der Waals surface area (Å²) in [6.45, 7) is 5.58. The second kappa shape index (κ2) is 7.31. The zero-order valence-electron chi connectivity index (χ0n) is 15.9. The molecule has 7 nitrogen and oxygen atoms in total. The van der Waals surface area contributed by atoms with Crippen LogP contribution >= 0.6 is 0 Å². The van der Waals surface area contributed by atoms with Gasteiger partial charge in [0, 0.05) is 62.9 Å². The SMILES string of the molecule is O=c1c2ccc(N3CCN(Cc4cncnc4)CC3)cc2ncn1CC1CC1. The summed E-state index contributed by atoms with van der Waals surface area (Å²) in [5, 5.41) is 0.717. The highest BCUT2D eigenvalue weighted by atomic mass is 16.1. The molecule has 144 valence electrons. The number of aromatic nitrogens is 4. The van der Waals surface area contributed by atoms with Crippen LogP contribution in [0.1, 0.15) is 18.4 Å². The maximum absolute atomic E-state index is 12.7.